The molecule has 0 heterocycles. The van der Waals surface area contributed by atoms with Crippen LogP contribution in [0, 0.1) is 10.1 Å². The fourth-order valence-corrected chi connectivity index (χ4v) is 4.77. The number of sulfonamides is 1. The van der Waals surface area contributed by atoms with Crippen LogP contribution in [0.15, 0.2) is 47.4 Å². The Labute approximate surface area is 170 Å². The zero-order chi connectivity index (χ0) is 21.6. The summed E-state index contributed by atoms with van der Waals surface area (Å²) in [5, 5.41) is 20.1. The van der Waals surface area contributed by atoms with Crippen LogP contribution in [-0.4, -0.2) is 31.0 Å². The predicted molar refractivity (Wildman–Crippen MR) is 110 cm³/mol. The fourth-order valence-electron chi connectivity index (χ4n) is 3.15. The average molecular weight is 420 g/mol. The van der Waals surface area contributed by atoms with Crippen molar-refractivity contribution in [2.75, 3.05) is 10.8 Å². The van der Waals surface area contributed by atoms with Crippen LogP contribution in [0.25, 0.3) is 0 Å². The summed E-state index contributed by atoms with van der Waals surface area (Å²) in [6, 6.07) is 10.4. The number of benzene rings is 2. The van der Waals surface area contributed by atoms with Gasteiger partial charge < -0.3 is 5.11 Å². The van der Waals surface area contributed by atoms with Gasteiger partial charge in [0.15, 0.2) is 0 Å². The Morgan fingerprint density at radius 1 is 1.10 bits per heavy atom. The van der Waals surface area contributed by atoms with Gasteiger partial charge in [0, 0.05) is 25.1 Å². The number of para-hydroxylation sites is 1. The van der Waals surface area contributed by atoms with Crippen LogP contribution in [-0.2, 0) is 27.7 Å². The minimum Gasteiger partial charge on any atom is -0.481 e. The summed E-state index contributed by atoms with van der Waals surface area (Å²) < 4.78 is 28.2. The largest absolute Gasteiger partial charge is 0.481 e. The number of carbonyl (C=O) groups is 1. The fraction of sp³-hybridized carbons (Fsp3) is 0.350. The van der Waals surface area contributed by atoms with E-state index < -0.39 is 20.9 Å². The van der Waals surface area contributed by atoms with Crippen molar-refractivity contribution in [3.63, 3.8) is 0 Å². The molecule has 156 valence electrons. The molecule has 0 spiro atoms. The van der Waals surface area contributed by atoms with E-state index in [4.69, 9.17) is 5.11 Å². The van der Waals surface area contributed by atoms with Crippen molar-refractivity contribution in [2.45, 2.75) is 44.4 Å². The molecule has 0 saturated carbocycles. The van der Waals surface area contributed by atoms with E-state index in [2.05, 4.69) is 0 Å². The standard InChI is InChI=1S/C20H24N2O6S/c1-3-15-8-5-9-16(4-2)20(15)21(13-7-12-19(23)24)29(27,28)18-11-6-10-17(14-18)22(25)26/h5-6,8-11,14H,3-4,7,12-13H2,1-2H3,(H,23,24). The number of carboxylic acids is 1. The van der Waals surface area contributed by atoms with Crippen molar-refractivity contribution in [1.82, 2.24) is 0 Å². The van der Waals surface area contributed by atoms with Crippen LogP contribution in [0.1, 0.15) is 37.8 Å². The van der Waals surface area contributed by atoms with E-state index >= 15 is 0 Å². The molecule has 0 amide bonds. The Kier molecular flexibility index (Phi) is 7.33. The molecular formula is C20H24N2O6S. The highest BCUT2D eigenvalue weighted by Crippen LogP contribution is 2.33. The van der Waals surface area contributed by atoms with Crippen LogP contribution < -0.4 is 4.31 Å². The molecule has 0 unspecified atom stereocenters. The van der Waals surface area contributed by atoms with E-state index in [9.17, 15) is 23.3 Å². The molecule has 0 aromatic heterocycles. The number of aliphatic carboxylic acids is 1. The summed E-state index contributed by atoms with van der Waals surface area (Å²) in [6.45, 7) is 3.78. The third-order valence-electron chi connectivity index (χ3n) is 4.58. The number of hydrogen-bond acceptors (Lipinski definition) is 5. The third kappa shape index (κ3) is 5.11. The minimum atomic E-state index is -4.14. The molecule has 29 heavy (non-hydrogen) atoms. The van der Waals surface area contributed by atoms with Crippen molar-refractivity contribution in [3.05, 3.63) is 63.7 Å². The summed E-state index contributed by atoms with van der Waals surface area (Å²) in [5.74, 6) is -1.02. The van der Waals surface area contributed by atoms with E-state index in [0.29, 0.717) is 18.5 Å². The summed E-state index contributed by atoms with van der Waals surface area (Å²) >= 11 is 0. The number of hydrogen-bond donors (Lipinski definition) is 1. The van der Waals surface area contributed by atoms with Gasteiger partial charge in [0.2, 0.25) is 0 Å². The monoisotopic (exact) mass is 420 g/mol. The maximum absolute atomic E-state index is 13.5. The summed E-state index contributed by atoms with van der Waals surface area (Å²) in [5.41, 5.74) is 1.83. The highest BCUT2D eigenvalue weighted by Gasteiger charge is 2.29. The molecule has 0 bridgehead atoms. The lowest BCUT2D eigenvalue weighted by atomic mass is 10.0. The maximum atomic E-state index is 13.5. The summed E-state index contributed by atoms with van der Waals surface area (Å²) in [4.78, 5) is 21.2. The number of nitro groups is 1. The van der Waals surface area contributed by atoms with Gasteiger partial charge in [-0.15, -0.1) is 0 Å². The Morgan fingerprint density at radius 2 is 1.69 bits per heavy atom. The normalized spacial score (nSPS) is 11.2. The van der Waals surface area contributed by atoms with E-state index in [1.807, 2.05) is 32.0 Å². The van der Waals surface area contributed by atoms with Gasteiger partial charge in [-0.3, -0.25) is 19.2 Å². The van der Waals surface area contributed by atoms with Crippen molar-refractivity contribution in [3.8, 4) is 0 Å². The molecule has 2 aromatic carbocycles. The van der Waals surface area contributed by atoms with Gasteiger partial charge in [0.1, 0.15) is 0 Å². The zero-order valence-corrected chi connectivity index (χ0v) is 17.2. The van der Waals surface area contributed by atoms with E-state index in [1.165, 1.54) is 22.5 Å². The highest BCUT2D eigenvalue weighted by molar-refractivity contribution is 7.92. The van der Waals surface area contributed by atoms with Crippen LogP contribution in [0.4, 0.5) is 11.4 Å². The van der Waals surface area contributed by atoms with Crippen LogP contribution in [0.3, 0.4) is 0 Å². The first-order valence-electron chi connectivity index (χ1n) is 9.32. The highest BCUT2D eigenvalue weighted by atomic mass is 32.2. The molecular weight excluding hydrogens is 396 g/mol. The van der Waals surface area contributed by atoms with Crippen molar-refractivity contribution >= 4 is 27.4 Å². The lowest BCUT2D eigenvalue weighted by molar-refractivity contribution is -0.385. The van der Waals surface area contributed by atoms with Crippen molar-refractivity contribution in [2.24, 2.45) is 0 Å². The van der Waals surface area contributed by atoms with Crippen molar-refractivity contribution in [1.29, 1.82) is 0 Å². The van der Waals surface area contributed by atoms with Crippen LogP contribution >= 0.6 is 0 Å². The van der Waals surface area contributed by atoms with Gasteiger partial charge in [-0.25, -0.2) is 8.42 Å². The molecule has 9 heteroatoms. The number of nitro benzene ring substituents is 1. The molecule has 0 atom stereocenters. The summed E-state index contributed by atoms with van der Waals surface area (Å²) in [6.07, 6.45) is 1.10. The van der Waals surface area contributed by atoms with Gasteiger partial charge in [-0.2, -0.15) is 0 Å². The smallest absolute Gasteiger partial charge is 0.303 e. The van der Waals surface area contributed by atoms with E-state index in [0.717, 1.165) is 17.2 Å². The first-order chi connectivity index (χ1) is 13.7. The third-order valence-corrected chi connectivity index (χ3v) is 6.38. The topological polar surface area (TPSA) is 118 Å². The Balaban J connectivity index is 2.64. The molecule has 0 aliphatic rings. The molecule has 8 nitrogen and oxygen atoms in total. The van der Waals surface area contributed by atoms with Gasteiger partial charge in [-0.05, 0) is 36.5 Å². The lowest BCUT2D eigenvalue weighted by Gasteiger charge is -2.28. The second-order valence-electron chi connectivity index (χ2n) is 6.46. The first kappa shape index (κ1) is 22.4. The van der Waals surface area contributed by atoms with Crippen molar-refractivity contribution < 1.29 is 23.2 Å². The number of aryl methyl sites for hydroxylation is 2. The molecule has 0 fully saturated rings. The maximum Gasteiger partial charge on any atom is 0.303 e. The number of anilines is 1. The Morgan fingerprint density at radius 3 is 2.21 bits per heavy atom. The lowest BCUT2D eigenvalue weighted by Crippen LogP contribution is -2.34. The first-order valence-corrected chi connectivity index (χ1v) is 10.8. The molecule has 2 aromatic rings. The van der Waals surface area contributed by atoms with Gasteiger partial charge >= 0.3 is 5.97 Å². The molecule has 0 aliphatic heterocycles. The molecule has 0 radical (unpaired) electrons. The zero-order valence-electron chi connectivity index (χ0n) is 16.4. The average Bonchev–Trinajstić information content (AvgIpc) is 2.70. The predicted octanol–water partition coefficient (Wildman–Crippen LogP) is 3.78. The van der Waals surface area contributed by atoms with Crippen LogP contribution in [0.5, 0.6) is 0 Å². The molecule has 0 saturated heterocycles. The van der Waals surface area contributed by atoms with E-state index in [1.54, 1.807) is 0 Å². The second-order valence-corrected chi connectivity index (χ2v) is 8.32. The molecule has 1 N–H and O–H groups in total. The number of non-ortho nitro benzene ring substituents is 1. The Hall–Kier alpha value is -2.94. The van der Waals surface area contributed by atoms with Crippen LogP contribution in [0.2, 0.25) is 0 Å². The van der Waals surface area contributed by atoms with Gasteiger partial charge in [0.25, 0.3) is 15.7 Å². The van der Waals surface area contributed by atoms with Gasteiger partial charge in [0.05, 0.1) is 15.5 Å². The number of nitrogens with zero attached hydrogens (tertiary/aromatic N) is 2. The second kappa shape index (κ2) is 9.51. The number of rotatable bonds is 10. The number of carboxylic acid groups (broad SMARTS) is 1. The van der Waals surface area contributed by atoms with Gasteiger partial charge in [-0.1, -0.05) is 38.1 Å². The quantitative estimate of drug-likeness (QED) is 0.462. The van der Waals surface area contributed by atoms with E-state index in [-0.39, 0.29) is 30.0 Å². The molecule has 2 rings (SSSR count). The summed E-state index contributed by atoms with van der Waals surface area (Å²) in [7, 11) is -4.14. The SMILES string of the molecule is CCc1cccc(CC)c1N(CCCC(=O)O)S(=O)(=O)c1cccc([N+](=O)[O-])c1. The molecule has 0 aliphatic carbocycles. The minimum absolute atomic E-state index is 0.0403. The Bertz CT molecular complexity index is 982.